The van der Waals surface area contributed by atoms with Crippen molar-refractivity contribution in [3.63, 3.8) is 0 Å². The van der Waals surface area contributed by atoms with Gasteiger partial charge in [0.25, 0.3) is 0 Å². The highest BCUT2D eigenvalue weighted by Gasteiger charge is 2.28. The summed E-state index contributed by atoms with van der Waals surface area (Å²) in [5.41, 5.74) is 0.751. The number of rotatable bonds is 5. The van der Waals surface area contributed by atoms with Crippen molar-refractivity contribution >= 4 is 0 Å². The van der Waals surface area contributed by atoms with E-state index in [1.807, 2.05) is 19.2 Å². The van der Waals surface area contributed by atoms with E-state index in [2.05, 4.69) is 31.0 Å². The monoisotopic (exact) mass is 294 g/mol. The zero-order valence-electron chi connectivity index (χ0n) is 13.5. The molecule has 0 amide bonds. The molecule has 1 aliphatic heterocycles. The van der Waals surface area contributed by atoms with Gasteiger partial charge in [-0.2, -0.15) is 0 Å². The van der Waals surface area contributed by atoms with Crippen molar-refractivity contribution in [2.45, 2.75) is 39.0 Å². The molecule has 0 saturated carbocycles. The van der Waals surface area contributed by atoms with Crippen LogP contribution in [0.15, 0.2) is 24.3 Å². The summed E-state index contributed by atoms with van der Waals surface area (Å²) >= 11 is 0. The fraction of sp³-hybridized carbons (Fsp3) is 0.647. The molecule has 0 spiro atoms. The van der Waals surface area contributed by atoms with E-state index < -0.39 is 0 Å². The second kappa shape index (κ2) is 7.34. The lowest BCUT2D eigenvalue weighted by Gasteiger charge is -2.39. The maximum Gasteiger partial charge on any atom is 0.127 e. The molecule has 0 aliphatic carbocycles. The summed E-state index contributed by atoms with van der Waals surface area (Å²) in [5.74, 6) is 0.187. The molecule has 4 atom stereocenters. The Kier molecular flexibility index (Phi) is 5.73. The smallest absolute Gasteiger partial charge is 0.127 e. The van der Waals surface area contributed by atoms with Crippen molar-refractivity contribution < 1.29 is 9.13 Å². The van der Waals surface area contributed by atoms with Crippen molar-refractivity contribution in [1.82, 2.24) is 10.2 Å². The maximum atomic E-state index is 14.0. The largest absolute Gasteiger partial charge is 0.376 e. The first-order valence-corrected chi connectivity index (χ1v) is 7.80. The van der Waals surface area contributed by atoms with E-state index in [1.54, 1.807) is 6.07 Å². The molecule has 2 rings (SSSR count). The van der Waals surface area contributed by atoms with Crippen molar-refractivity contribution in [2.75, 3.05) is 26.7 Å². The van der Waals surface area contributed by atoms with Crippen LogP contribution in [0.4, 0.5) is 4.39 Å². The highest BCUT2D eigenvalue weighted by Crippen LogP contribution is 2.26. The molecule has 1 aromatic rings. The van der Waals surface area contributed by atoms with E-state index in [-0.39, 0.29) is 18.0 Å². The van der Waals surface area contributed by atoms with Crippen molar-refractivity contribution in [3.8, 4) is 0 Å². The van der Waals surface area contributed by atoms with E-state index in [4.69, 9.17) is 4.74 Å². The highest BCUT2D eigenvalue weighted by molar-refractivity contribution is 5.21. The van der Waals surface area contributed by atoms with Crippen LogP contribution >= 0.6 is 0 Å². The first-order valence-electron chi connectivity index (χ1n) is 7.80. The van der Waals surface area contributed by atoms with Gasteiger partial charge in [-0.15, -0.1) is 0 Å². The van der Waals surface area contributed by atoms with Gasteiger partial charge in [0.15, 0.2) is 0 Å². The third-order valence-corrected chi connectivity index (χ3v) is 4.38. The SMILES string of the molecule is CNC(c1ccccc1F)C(C)CN1CC(C)OCC1C. The van der Waals surface area contributed by atoms with Crippen LogP contribution in [0.3, 0.4) is 0 Å². The molecule has 1 aliphatic rings. The second-order valence-electron chi connectivity index (χ2n) is 6.21. The van der Waals surface area contributed by atoms with E-state index in [0.29, 0.717) is 12.0 Å². The molecule has 4 heteroatoms. The van der Waals surface area contributed by atoms with E-state index in [9.17, 15) is 4.39 Å². The van der Waals surface area contributed by atoms with Crippen LogP contribution in [-0.4, -0.2) is 43.8 Å². The summed E-state index contributed by atoms with van der Waals surface area (Å²) in [7, 11) is 1.90. The van der Waals surface area contributed by atoms with Gasteiger partial charge in [-0.1, -0.05) is 25.1 Å². The molecule has 3 nitrogen and oxygen atoms in total. The van der Waals surface area contributed by atoms with Crippen LogP contribution in [0.5, 0.6) is 0 Å². The molecular weight excluding hydrogens is 267 g/mol. The Morgan fingerprint density at radius 2 is 2.10 bits per heavy atom. The van der Waals surface area contributed by atoms with Gasteiger partial charge in [0.2, 0.25) is 0 Å². The molecule has 0 bridgehead atoms. The molecule has 1 N–H and O–H groups in total. The average Bonchev–Trinajstić information content (AvgIpc) is 2.46. The van der Waals surface area contributed by atoms with Gasteiger partial charge in [-0.3, -0.25) is 4.90 Å². The molecule has 1 saturated heterocycles. The predicted molar refractivity (Wildman–Crippen MR) is 83.8 cm³/mol. The number of hydrogen-bond donors (Lipinski definition) is 1. The Labute approximate surface area is 127 Å². The summed E-state index contributed by atoms with van der Waals surface area (Å²) in [5, 5.41) is 3.28. The number of nitrogens with zero attached hydrogens (tertiary/aromatic N) is 1. The van der Waals surface area contributed by atoms with Gasteiger partial charge in [-0.05, 0) is 32.9 Å². The zero-order valence-corrected chi connectivity index (χ0v) is 13.5. The summed E-state index contributed by atoms with van der Waals surface area (Å²) in [6.07, 6.45) is 0.273. The quantitative estimate of drug-likeness (QED) is 0.904. The van der Waals surface area contributed by atoms with Gasteiger partial charge >= 0.3 is 0 Å². The zero-order chi connectivity index (χ0) is 15.4. The van der Waals surface area contributed by atoms with Gasteiger partial charge in [0, 0.05) is 30.7 Å². The summed E-state index contributed by atoms with van der Waals surface area (Å²) in [6.45, 7) is 9.14. The van der Waals surface area contributed by atoms with E-state index in [1.165, 1.54) is 6.07 Å². The van der Waals surface area contributed by atoms with Crippen LogP contribution in [0.2, 0.25) is 0 Å². The summed E-state index contributed by atoms with van der Waals surface area (Å²) in [4.78, 5) is 2.45. The summed E-state index contributed by atoms with van der Waals surface area (Å²) < 4.78 is 19.7. The minimum absolute atomic E-state index is 0.0246. The van der Waals surface area contributed by atoms with Crippen LogP contribution in [-0.2, 0) is 4.74 Å². The van der Waals surface area contributed by atoms with Gasteiger partial charge < -0.3 is 10.1 Å². The average molecular weight is 294 g/mol. The van der Waals surface area contributed by atoms with Crippen molar-refractivity contribution in [3.05, 3.63) is 35.6 Å². The predicted octanol–water partition coefficient (Wildman–Crippen LogP) is 2.83. The molecule has 0 aromatic heterocycles. The lowest BCUT2D eigenvalue weighted by Crippen LogP contribution is -2.49. The van der Waals surface area contributed by atoms with Crippen LogP contribution in [0, 0.1) is 11.7 Å². The first kappa shape index (κ1) is 16.4. The Morgan fingerprint density at radius 3 is 2.76 bits per heavy atom. The molecule has 118 valence electrons. The molecular formula is C17H27FN2O. The molecule has 4 unspecified atom stereocenters. The number of morpholine rings is 1. The van der Waals surface area contributed by atoms with E-state index in [0.717, 1.165) is 25.3 Å². The second-order valence-corrected chi connectivity index (χ2v) is 6.21. The molecule has 1 heterocycles. The normalized spacial score (nSPS) is 26.5. The highest BCUT2D eigenvalue weighted by atomic mass is 19.1. The Bertz CT molecular complexity index is 454. The third-order valence-electron chi connectivity index (χ3n) is 4.38. The number of halogens is 1. The molecule has 0 radical (unpaired) electrons. The standard InChI is InChI=1S/C17H27FN2O/c1-12(9-20-10-14(3)21-11-13(20)2)17(19-4)15-7-5-6-8-16(15)18/h5-8,12-14,17,19H,9-11H2,1-4H3. The van der Waals surface area contributed by atoms with Crippen LogP contribution in [0.1, 0.15) is 32.4 Å². The van der Waals surface area contributed by atoms with E-state index >= 15 is 0 Å². The van der Waals surface area contributed by atoms with Crippen molar-refractivity contribution in [2.24, 2.45) is 5.92 Å². The topological polar surface area (TPSA) is 24.5 Å². The number of benzene rings is 1. The Hall–Kier alpha value is -0.970. The number of ether oxygens (including phenoxy) is 1. The van der Waals surface area contributed by atoms with Crippen LogP contribution in [0.25, 0.3) is 0 Å². The third kappa shape index (κ3) is 4.02. The number of hydrogen-bond acceptors (Lipinski definition) is 3. The minimum atomic E-state index is -0.132. The van der Waals surface area contributed by atoms with Gasteiger partial charge in [-0.25, -0.2) is 4.39 Å². The molecule has 1 aromatic carbocycles. The lowest BCUT2D eigenvalue weighted by atomic mass is 9.93. The molecule has 21 heavy (non-hydrogen) atoms. The Morgan fingerprint density at radius 1 is 1.38 bits per heavy atom. The lowest BCUT2D eigenvalue weighted by molar-refractivity contribution is -0.0549. The van der Waals surface area contributed by atoms with Gasteiger partial charge in [0.05, 0.1) is 12.7 Å². The first-order chi connectivity index (χ1) is 10.0. The van der Waals surface area contributed by atoms with Gasteiger partial charge in [0.1, 0.15) is 5.82 Å². The molecule has 1 fully saturated rings. The Balaban J connectivity index is 2.06. The fourth-order valence-electron chi connectivity index (χ4n) is 3.18. The summed E-state index contributed by atoms with van der Waals surface area (Å²) in [6, 6.07) is 7.49. The maximum absolute atomic E-state index is 14.0. The minimum Gasteiger partial charge on any atom is -0.376 e. The fourth-order valence-corrected chi connectivity index (χ4v) is 3.18. The van der Waals surface area contributed by atoms with Crippen molar-refractivity contribution in [1.29, 1.82) is 0 Å². The van der Waals surface area contributed by atoms with Crippen LogP contribution < -0.4 is 5.32 Å². The number of nitrogens with one attached hydrogen (secondary N) is 1.